The first-order valence-electron chi connectivity index (χ1n) is 14.8. The van der Waals surface area contributed by atoms with E-state index in [0.29, 0.717) is 36.4 Å². The monoisotopic (exact) mass is 603 g/mol. The standard InChI is InChI=1S/C28H31N9O3S.C2H6/c1-16-9-20(34-8-7-28(3,15-34)27-32-31-17(2)41-27)14-37-24(16)30-23(33-37)25(38)36-12-18-10-35(11-19(18)13-36)22-6-4-5-21(29-22)26(39)40;1-2/h4-6,9,14,18-19H,7-8,10-13,15H2,1-3H3,(H,39,40);1-2H3. The van der Waals surface area contributed by atoms with Gasteiger partial charge in [0.15, 0.2) is 11.3 Å². The number of fused-ring (bicyclic) bond motifs is 2. The van der Waals surface area contributed by atoms with Crippen molar-refractivity contribution in [3.8, 4) is 0 Å². The van der Waals surface area contributed by atoms with Gasteiger partial charge in [0.25, 0.3) is 5.91 Å². The van der Waals surface area contributed by atoms with E-state index in [2.05, 4.69) is 48.1 Å². The molecule has 0 aromatic carbocycles. The number of aromatic carboxylic acids is 1. The number of hydrogen-bond acceptors (Lipinski definition) is 10. The summed E-state index contributed by atoms with van der Waals surface area (Å²) in [5.41, 5.74) is 2.71. The summed E-state index contributed by atoms with van der Waals surface area (Å²) in [5.74, 6) is 0.284. The summed E-state index contributed by atoms with van der Waals surface area (Å²) in [5, 5.41) is 24.6. The summed E-state index contributed by atoms with van der Waals surface area (Å²) in [7, 11) is 0. The number of hydrogen-bond donors (Lipinski definition) is 1. The Hall–Kier alpha value is -4.13. The van der Waals surface area contributed by atoms with Crippen LogP contribution < -0.4 is 9.80 Å². The highest BCUT2D eigenvalue weighted by Crippen LogP contribution is 2.38. The van der Waals surface area contributed by atoms with Crippen LogP contribution in [0.3, 0.4) is 0 Å². The van der Waals surface area contributed by atoms with Crippen molar-refractivity contribution in [3.05, 3.63) is 57.6 Å². The van der Waals surface area contributed by atoms with Crippen molar-refractivity contribution < 1.29 is 14.7 Å². The van der Waals surface area contributed by atoms with E-state index in [4.69, 9.17) is 0 Å². The Morgan fingerprint density at radius 2 is 1.77 bits per heavy atom. The fourth-order valence-corrected chi connectivity index (χ4v) is 7.35. The van der Waals surface area contributed by atoms with Crippen LogP contribution in [0.15, 0.2) is 30.5 Å². The van der Waals surface area contributed by atoms with Crippen molar-refractivity contribution in [2.45, 2.75) is 46.5 Å². The zero-order valence-electron chi connectivity index (χ0n) is 25.2. The maximum absolute atomic E-state index is 13.5. The molecule has 0 spiro atoms. The molecule has 1 N–H and O–H groups in total. The van der Waals surface area contributed by atoms with Gasteiger partial charge in [-0.05, 0) is 44.0 Å². The molecule has 3 unspecified atom stereocenters. The van der Waals surface area contributed by atoms with Gasteiger partial charge in [-0.25, -0.2) is 19.3 Å². The number of pyridine rings is 2. The van der Waals surface area contributed by atoms with Crippen LogP contribution in [0, 0.1) is 25.7 Å². The van der Waals surface area contributed by atoms with Gasteiger partial charge in [0, 0.05) is 56.5 Å². The molecule has 13 heteroatoms. The number of aromatic nitrogens is 6. The van der Waals surface area contributed by atoms with Gasteiger partial charge in [0.05, 0.1) is 11.9 Å². The second-order valence-corrected chi connectivity index (χ2v) is 12.9. The molecule has 3 saturated heterocycles. The molecule has 0 saturated carbocycles. The first kappa shape index (κ1) is 29.0. The Balaban J connectivity index is 0.00000161. The van der Waals surface area contributed by atoms with Crippen molar-refractivity contribution in [3.63, 3.8) is 0 Å². The number of likely N-dealkylation sites (tertiary alicyclic amines) is 1. The Morgan fingerprint density at radius 3 is 2.44 bits per heavy atom. The number of nitrogens with zero attached hydrogens (tertiary/aromatic N) is 9. The topological polar surface area (TPSA) is 133 Å². The molecule has 3 aliphatic heterocycles. The van der Waals surface area contributed by atoms with E-state index in [-0.39, 0.29) is 22.8 Å². The molecule has 4 aromatic rings. The number of anilines is 2. The Bertz CT molecular complexity index is 1670. The van der Waals surface area contributed by atoms with Crippen LogP contribution in [-0.4, -0.2) is 90.9 Å². The van der Waals surface area contributed by atoms with Crippen LogP contribution in [0.2, 0.25) is 0 Å². The van der Waals surface area contributed by atoms with E-state index < -0.39 is 5.97 Å². The fourth-order valence-electron chi connectivity index (χ4n) is 6.50. The lowest BCUT2D eigenvalue weighted by atomic mass is 9.91. The minimum Gasteiger partial charge on any atom is -0.477 e. The first-order valence-corrected chi connectivity index (χ1v) is 15.7. The zero-order chi connectivity index (χ0) is 30.5. The number of amides is 1. The maximum atomic E-state index is 13.5. The van der Waals surface area contributed by atoms with E-state index in [1.165, 1.54) is 6.07 Å². The molecule has 3 atom stereocenters. The molecule has 4 aromatic heterocycles. The van der Waals surface area contributed by atoms with Gasteiger partial charge >= 0.3 is 5.97 Å². The van der Waals surface area contributed by atoms with Gasteiger partial charge in [-0.2, -0.15) is 0 Å². The van der Waals surface area contributed by atoms with Crippen LogP contribution in [0.4, 0.5) is 11.5 Å². The van der Waals surface area contributed by atoms with E-state index in [9.17, 15) is 14.7 Å². The predicted octanol–water partition coefficient (Wildman–Crippen LogP) is 3.69. The molecule has 0 aliphatic carbocycles. The molecule has 7 heterocycles. The van der Waals surface area contributed by atoms with Crippen molar-refractivity contribution in [1.82, 2.24) is 34.7 Å². The van der Waals surface area contributed by atoms with E-state index in [1.807, 2.05) is 44.9 Å². The lowest BCUT2D eigenvalue weighted by Crippen LogP contribution is -2.34. The summed E-state index contributed by atoms with van der Waals surface area (Å²) in [4.78, 5) is 40.1. The number of carboxylic acid groups (broad SMARTS) is 1. The van der Waals surface area contributed by atoms with Crippen molar-refractivity contribution in [2.75, 3.05) is 49.1 Å². The Labute approximate surface area is 254 Å². The fraction of sp³-hybridized carbons (Fsp3) is 0.500. The van der Waals surface area contributed by atoms with Gasteiger partial charge < -0.3 is 19.8 Å². The van der Waals surface area contributed by atoms with E-state index in [0.717, 1.165) is 53.9 Å². The quantitative estimate of drug-likeness (QED) is 0.360. The van der Waals surface area contributed by atoms with Crippen LogP contribution in [0.25, 0.3) is 5.65 Å². The third-order valence-corrected chi connectivity index (χ3v) is 9.87. The number of carbonyl (C=O) groups excluding carboxylic acids is 1. The third-order valence-electron chi connectivity index (χ3n) is 8.73. The summed E-state index contributed by atoms with van der Waals surface area (Å²) in [6, 6.07) is 7.18. The molecule has 3 aliphatic rings. The molecular weight excluding hydrogens is 566 g/mol. The molecule has 226 valence electrons. The molecule has 0 bridgehead atoms. The highest BCUT2D eigenvalue weighted by molar-refractivity contribution is 7.11. The summed E-state index contributed by atoms with van der Waals surface area (Å²) >= 11 is 1.67. The van der Waals surface area contributed by atoms with Gasteiger partial charge in [-0.15, -0.1) is 26.6 Å². The average Bonchev–Trinajstić information content (AvgIpc) is 3.82. The zero-order valence-corrected chi connectivity index (χ0v) is 26.0. The highest BCUT2D eigenvalue weighted by atomic mass is 32.1. The molecular formula is C30H37N9O3S. The van der Waals surface area contributed by atoms with Crippen molar-refractivity contribution in [1.29, 1.82) is 0 Å². The normalized spacial score (nSPS) is 23.0. The lowest BCUT2D eigenvalue weighted by molar-refractivity contribution is 0.0689. The maximum Gasteiger partial charge on any atom is 0.354 e. The largest absolute Gasteiger partial charge is 0.477 e. The summed E-state index contributed by atoms with van der Waals surface area (Å²) in [6.07, 6.45) is 2.97. The van der Waals surface area contributed by atoms with Crippen LogP contribution in [-0.2, 0) is 5.41 Å². The Morgan fingerprint density at radius 1 is 1.02 bits per heavy atom. The predicted molar refractivity (Wildman–Crippen MR) is 164 cm³/mol. The summed E-state index contributed by atoms with van der Waals surface area (Å²) < 4.78 is 1.74. The highest BCUT2D eigenvalue weighted by Gasteiger charge is 2.43. The van der Waals surface area contributed by atoms with Gasteiger partial charge in [-0.3, -0.25) is 4.79 Å². The molecule has 0 radical (unpaired) electrons. The van der Waals surface area contributed by atoms with Gasteiger partial charge in [0.2, 0.25) is 5.82 Å². The van der Waals surface area contributed by atoms with Crippen molar-refractivity contribution in [2.24, 2.45) is 11.8 Å². The number of aryl methyl sites for hydroxylation is 2. The van der Waals surface area contributed by atoms with Crippen molar-refractivity contribution >= 4 is 40.4 Å². The number of carbonyl (C=O) groups is 2. The second kappa shape index (κ2) is 11.2. The van der Waals surface area contributed by atoms with Gasteiger partial charge in [-0.1, -0.05) is 26.8 Å². The third kappa shape index (κ3) is 5.30. The van der Waals surface area contributed by atoms with E-state index in [1.54, 1.807) is 21.9 Å². The molecule has 12 nitrogen and oxygen atoms in total. The summed E-state index contributed by atoms with van der Waals surface area (Å²) in [6.45, 7) is 14.7. The smallest absolute Gasteiger partial charge is 0.354 e. The Kier molecular flexibility index (Phi) is 7.53. The van der Waals surface area contributed by atoms with Gasteiger partial charge in [0.1, 0.15) is 15.8 Å². The molecule has 3 fully saturated rings. The number of rotatable bonds is 5. The minimum absolute atomic E-state index is 0.0402. The van der Waals surface area contributed by atoms with Crippen LogP contribution in [0.1, 0.15) is 63.9 Å². The van der Waals surface area contributed by atoms with E-state index >= 15 is 0 Å². The molecule has 7 rings (SSSR count). The molecule has 1 amide bonds. The lowest BCUT2D eigenvalue weighted by Gasteiger charge is -2.23. The molecule has 43 heavy (non-hydrogen) atoms. The second-order valence-electron chi connectivity index (χ2n) is 11.8. The number of carboxylic acids is 1. The first-order chi connectivity index (χ1) is 20.7. The minimum atomic E-state index is -1.03. The van der Waals surface area contributed by atoms with Crippen LogP contribution >= 0.6 is 11.3 Å². The van der Waals surface area contributed by atoms with Crippen LogP contribution in [0.5, 0.6) is 0 Å². The average molecular weight is 604 g/mol. The SMILES string of the molecule is CC.Cc1nnc(C2(C)CCN(c3cc(C)c4nc(C(=O)N5CC6CN(c7cccc(C(=O)O)n7)CC6C5)nn4c3)C2)s1.